The molecule has 2 atom stereocenters. The second-order valence-electron chi connectivity index (χ2n) is 6.67. The number of carboxylic acids is 1. The largest absolute Gasteiger partial charge is 0.478 e. The lowest BCUT2D eigenvalue weighted by Gasteiger charge is -2.16. The topological polar surface area (TPSA) is 72.6 Å². The van der Waals surface area contributed by atoms with Crippen LogP contribution in [0.25, 0.3) is 0 Å². The number of carbonyl (C=O) groups is 1. The second kappa shape index (κ2) is 11.4. The van der Waals surface area contributed by atoms with Crippen molar-refractivity contribution in [2.45, 2.75) is 90.2 Å². The zero-order valence-corrected chi connectivity index (χ0v) is 14.9. The van der Waals surface area contributed by atoms with Crippen LogP contribution in [0.4, 0.5) is 0 Å². The number of aliphatic hydroxyl groups excluding tert-OH is 1. The molecule has 0 aromatic rings. The van der Waals surface area contributed by atoms with Crippen LogP contribution in [-0.2, 0) is 4.79 Å². The fraction of sp³-hybridized carbons (Fsp3) is 0.889. The Labute approximate surface area is 140 Å². The van der Waals surface area contributed by atoms with E-state index in [0.717, 1.165) is 25.2 Å². The van der Waals surface area contributed by atoms with Crippen LogP contribution in [-0.4, -0.2) is 51.8 Å². The highest BCUT2D eigenvalue weighted by molar-refractivity contribution is 5.80. The van der Waals surface area contributed by atoms with Crippen molar-refractivity contribution in [3.05, 3.63) is 0 Å². The van der Waals surface area contributed by atoms with Gasteiger partial charge in [0.1, 0.15) is 19.2 Å². The van der Waals surface area contributed by atoms with Crippen LogP contribution in [0.1, 0.15) is 78.1 Å². The summed E-state index contributed by atoms with van der Waals surface area (Å²) in [6.45, 7) is 5.22. The summed E-state index contributed by atoms with van der Waals surface area (Å²) in [5.74, 6) is 0.0366. The van der Waals surface area contributed by atoms with Crippen LogP contribution in [0.15, 0.2) is 0 Å². The van der Waals surface area contributed by atoms with Gasteiger partial charge in [-0.15, -0.1) is 0 Å². The molecule has 1 aliphatic rings. The van der Waals surface area contributed by atoms with E-state index in [0.29, 0.717) is 6.54 Å². The van der Waals surface area contributed by atoms with Crippen molar-refractivity contribution in [1.82, 2.24) is 5.32 Å². The fourth-order valence-corrected chi connectivity index (χ4v) is 3.30. The van der Waals surface area contributed by atoms with Crippen molar-refractivity contribution in [1.29, 1.82) is 0 Å². The summed E-state index contributed by atoms with van der Waals surface area (Å²) < 4.78 is 1.83. The Balaban J connectivity index is 2.27. The molecule has 2 unspecified atom stereocenters. The van der Waals surface area contributed by atoms with Crippen LogP contribution >= 0.6 is 0 Å². The average molecular weight is 327 g/mol. The van der Waals surface area contributed by atoms with Crippen molar-refractivity contribution in [2.75, 3.05) is 13.1 Å². The molecule has 134 valence electrons. The van der Waals surface area contributed by atoms with Gasteiger partial charge in [-0.05, 0) is 13.3 Å². The second-order valence-corrected chi connectivity index (χ2v) is 6.67. The number of carboxylic acid groups (broad SMARTS) is 1. The van der Waals surface area contributed by atoms with Crippen LogP contribution in [0, 0.1) is 0 Å². The molecule has 0 radical (unpaired) electrons. The number of amidine groups is 1. The Morgan fingerprint density at radius 2 is 1.70 bits per heavy atom. The third-order valence-corrected chi connectivity index (χ3v) is 4.59. The molecular formula is C18H35N2O3+. The Morgan fingerprint density at radius 1 is 1.13 bits per heavy atom. The average Bonchev–Trinajstić information content (AvgIpc) is 2.93. The van der Waals surface area contributed by atoms with Gasteiger partial charge in [-0.25, -0.2) is 9.37 Å². The Kier molecular flexibility index (Phi) is 9.92. The van der Waals surface area contributed by atoms with Crippen molar-refractivity contribution in [3.63, 3.8) is 0 Å². The molecule has 0 fully saturated rings. The van der Waals surface area contributed by atoms with Gasteiger partial charge in [0.05, 0.1) is 0 Å². The lowest BCUT2D eigenvalue weighted by Crippen LogP contribution is -2.44. The van der Waals surface area contributed by atoms with Crippen molar-refractivity contribution >= 4 is 11.8 Å². The highest BCUT2D eigenvalue weighted by Gasteiger charge is 2.35. The van der Waals surface area contributed by atoms with Crippen LogP contribution < -0.4 is 5.32 Å². The number of nitrogens with one attached hydrogen (secondary N) is 1. The number of aliphatic hydroxyl groups is 1. The fourth-order valence-electron chi connectivity index (χ4n) is 3.30. The van der Waals surface area contributed by atoms with Gasteiger partial charge in [-0.1, -0.05) is 58.3 Å². The lowest BCUT2D eigenvalue weighted by molar-refractivity contribution is -0.555. The molecule has 1 aliphatic heterocycles. The van der Waals surface area contributed by atoms with Gasteiger partial charge in [-0.2, -0.15) is 0 Å². The molecule has 1 rings (SSSR count). The number of aliphatic carboxylic acids is 1. The summed E-state index contributed by atoms with van der Waals surface area (Å²) in [5, 5.41) is 22.3. The molecule has 0 spiro atoms. The number of nitrogens with zero attached hydrogens (tertiary/aromatic N) is 1. The molecule has 0 aromatic heterocycles. The zero-order valence-electron chi connectivity index (χ0n) is 14.9. The highest BCUT2D eigenvalue weighted by atomic mass is 16.4. The van der Waals surface area contributed by atoms with E-state index in [9.17, 15) is 15.0 Å². The van der Waals surface area contributed by atoms with Crippen molar-refractivity contribution in [2.24, 2.45) is 0 Å². The number of hydrogen-bond donors (Lipinski definition) is 3. The van der Waals surface area contributed by atoms with Gasteiger partial charge in [0.2, 0.25) is 11.9 Å². The summed E-state index contributed by atoms with van der Waals surface area (Å²) in [5.41, 5.74) is 0. The monoisotopic (exact) mass is 327 g/mol. The van der Waals surface area contributed by atoms with E-state index >= 15 is 0 Å². The van der Waals surface area contributed by atoms with E-state index < -0.39 is 18.1 Å². The smallest absolute Gasteiger partial charge is 0.351 e. The standard InChI is InChI=1S/C18H34N2O3/c1-3-4-5-6-7-8-9-10-11-12-16-19-13-14-20(16)17(15(2)21)18(22)23/h15,17,21H,3-14H2,1-2H3,(H,22,23)/p+1. The highest BCUT2D eigenvalue weighted by Crippen LogP contribution is 2.12. The third-order valence-electron chi connectivity index (χ3n) is 4.59. The van der Waals surface area contributed by atoms with Crippen LogP contribution in [0.2, 0.25) is 0 Å². The van der Waals surface area contributed by atoms with Gasteiger partial charge in [0.25, 0.3) is 0 Å². The molecule has 1 heterocycles. The first-order valence-electron chi connectivity index (χ1n) is 9.35. The lowest BCUT2D eigenvalue weighted by atomic mass is 10.1. The van der Waals surface area contributed by atoms with Gasteiger partial charge < -0.3 is 10.2 Å². The summed E-state index contributed by atoms with van der Waals surface area (Å²) in [6, 6.07) is -0.835. The number of hydrogen-bond acceptors (Lipinski definition) is 3. The van der Waals surface area contributed by atoms with E-state index in [-0.39, 0.29) is 0 Å². The maximum Gasteiger partial charge on any atom is 0.351 e. The molecule has 0 aromatic carbocycles. The van der Waals surface area contributed by atoms with Crippen molar-refractivity contribution < 1.29 is 19.6 Å². The van der Waals surface area contributed by atoms with Gasteiger partial charge >= 0.3 is 5.97 Å². The predicted molar refractivity (Wildman–Crippen MR) is 93.1 cm³/mol. The molecule has 3 N–H and O–H groups in total. The first kappa shape index (κ1) is 19.9. The molecule has 5 heteroatoms. The van der Waals surface area contributed by atoms with Crippen LogP contribution in [0.3, 0.4) is 0 Å². The number of unbranched alkanes of at least 4 members (excludes halogenated alkanes) is 8. The molecule has 23 heavy (non-hydrogen) atoms. The minimum Gasteiger partial charge on any atom is -0.478 e. The molecule has 0 saturated heterocycles. The number of rotatable bonds is 13. The maximum atomic E-state index is 11.4. The zero-order chi connectivity index (χ0) is 17.1. The van der Waals surface area contributed by atoms with Crippen LogP contribution in [0.5, 0.6) is 0 Å². The Bertz CT molecular complexity index is 380. The van der Waals surface area contributed by atoms with Gasteiger partial charge in [0.15, 0.2) is 0 Å². The maximum absolute atomic E-state index is 11.4. The third kappa shape index (κ3) is 7.34. The van der Waals surface area contributed by atoms with Gasteiger partial charge in [0, 0.05) is 6.42 Å². The van der Waals surface area contributed by atoms with E-state index in [2.05, 4.69) is 12.2 Å². The summed E-state index contributed by atoms with van der Waals surface area (Å²) in [6.07, 6.45) is 11.6. The summed E-state index contributed by atoms with van der Waals surface area (Å²) in [7, 11) is 0. The van der Waals surface area contributed by atoms with Gasteiger partial charge in [-0.3, -0.25) is 5.32 Å². The minimum atomic E-state index is -0.951. The summed E-state index contributed by atoms with van der Waals surface area (Å²) >= 11 is 0. The van der Waals surface area contributed by atoms with E-state index in [1.807, 2.05) is 4.58 Å². The SMILES string of the molecule is CCCCCCCCCCCC1=[N+](C(C(=O)O)C(C)O)CCN1. The molecule has 0 saturated carbocycles. The Hall–Kier alpha value is -1.10. The molecule has 0 bridgehead atoms. The normalized spacial score (nSPS) is 17.2. The first-order valence-corrected chi connectivity index (χ1v) is 9.35. The van der Waals surface area contributed by atoms with E-state index in [1.54, 1.807) is 6.92 Å². The van der Waals surface area contributed by atoms with E-state index in [1.165, 1.54) is 51.4 Å². The van der Waals surface area contributed by atoms with E-state index in [4.69, 9.17) is 0 Å². The molecule has 0 aliphatic carbocycles. The predicted octanol–water partition coefficient (Wildman–Crippen LogP) is 2.76. The minimum absolute atomic E-state index is 0.661. The quantitative estimate of drug-likeness (QED) is 0.359. The van der Waals surface area contributed by atoms with Crippen molar-refractivity contribution in [3.8, 4) is 0 Å². The molecule has 0 amide bonds. The Morgan fingerprint density at radius 3 is 2.22 bits per heavy atom. The molecular weight excluding hydrogens is 292 g/mol. The summed E-state index contributed by atoms with van der Waals surface area (Å²) in [4.78, 5) is 11.4. The first-order chi connectivity index (χ1) is 11.1. The molecule has 5 nitrogen and oxygen atoms in total.